The van der Waals surface area contributed by atoms with Crippen molar-refractivity contribution < 1.29 is 19.6 Å². The number of nitro groups is 1. The molecule has 0 aromatic heterocycles. The number of likely N-dealkylation sites (N-methyl/N-ethyl adjacent to an activating group) is 1. The zero-order valence-corrected chi connectivity index (χ0v) is 11.1. The van der Waals surface area contributed by atoms with Gasteiger partial charge in [0, 0.05) is 25.2 Å². The second kappa shape index (κ2) is 7.22. The standard InChI is InChI=1S/C13H16N2O5/c1-2-14(7-6-13(17)18)12(16)9-10-4-3-5-11(8-10)15(19)20/h3-5,8H,2,6-7,9H2,1H3,(H,17,18). The molecule has 1 rings (SSSR count). The molecule has 1 aromatic rings. The van der Waals surface area contributed by atoms with E-state index in [9.17, 15) is 19.7 Å². The lowest BCUT2D eigenvalue weighted by atomic mass is 10.1. The Balaban J connectivity index is 2.70. The molecule has 0 radical (unpaired) electrons. The largest absolute Gasteiger partial charge is 0.481 e. The first-order chi connectivity index (χ1) is 9.43. The summed E-state index contributed by atoms with van der Waals surface area (Å²) in [5.74, 6) is -1.21. The normalized spacial score (nSPS) is 10.1. The van der Waals surface area contributed by atoms with Gasteiger partial charge in [0.2, 0.25) is 5.91 Å². The van der Waals surface area contributed by atoms with E-state index < -0.39 is 10.9 Å². The van der Waals surface area contributed by atoms with Gasteiger partial charge in [0.1, 0.15) is 0 Å². The Morgan fingerprint density at radius 1 is 1.40 bits per heavy atom. The molecule has 0 unspecified atom stereocenters. The maximum Gasteiger partial charge on any atom is 0.305 e. The number of carbonyl (C=O) groups is 2. The minimum absolute atomic E-state index is 0.0230. The van der Waals surface area contributed by atoms with Crippen molar-refractivity contribution in [2.24, 2.45) is 0 Å². The number of benzene rings is 1. The lowest BCUT2D eigenvalue weighted by Crippen LogP contribution is -2.34. The molecule has 0 saturated carbocycles. The van der Waals surface area contributed by atoms with Crippen molar-refractivity contribution in [2.45, 2.75) is 19.8 Å². The third-order valence-corrected chi connectivity index (χ3v) is 2.81. The van der Waals surface area contributed by atoms with E-state index in [1.807, 2.05) is 0 Å². The Kier molecular flexibility index (Phi) is 5.64. The Bertz CT molecular complexity index is 515. The zero-order valence-electron chi connectivity index (χ0n) is 11.1. The third-order valence-electron chi connectivity index (χ3n) is 2.81. The van der Waals surface area contributed by atoms with Crippen LogP contribution in [0, 0.1) is 10.1 Å². The number of aliphatic carboxylic acids is 1. The van der Waals surface area contributed by atoms with Crippen LogP contribution in [0.2, 0.25) is 0 Å². The van der Waals surface area contributed by atoms with Crippen LogP contribution in [0.5, 0.6) is 0 Å². The summed E-state index contributed by atoms with van der Waals surface area (Å²) < 4.78 is 0. The Labute approximate surface area is 116 Å². The van der Waals surface area contributed by atoms with Gasteiger partial charge in [0.05, 0.1) is 17.8 Å². The van der Waals surface area contributed by atoms with E-state index in [4.69, 9.17) is 5.11 Å². The second-order valence-corrected chi connectivity index (χ2v) is 4.22. The van der Waals surface area contributed by atoms with Gasteiger partial charge < -0.3 is 10.0 Å². The fourth-order valence-electron chi connectivity index (χ4n) is 1.76. The number of carbonyl (C=O) groups excluding carboxylic acids is 1. The lowest BCUT2D eigenvalue weighted by Gasteiger charge is -2.19. The van der Waals surface area contributed by atoms with Crippen LogP contribution >= 0.6 is 0 Å². The van der Waals surface area contributed by atoms with Crippen molar-refractivity contribution in [3.05, 3.63) is 39.9 Å². The van der Waals surface area contributed by atoms with Gasteiger partial charge in [-0.3, -0.25) is 19.7 Å². The van der Waals surface area contributed by atoms with Crippen LogP contribution in [0.25, 0.3) is 0 Å². The number of non-ortho nitro benzene ring substituents is 1. The number of nitro benzene ring substituents is 1. The second-order valence-electron chi connectivity index (χ2n) is 4.22. The Morgan fingerprint density at radius 2 is 2.10 bits per heavy atom. The van der Waals surface area contributed by atoms with Crippen molar-refractivity contribution in [1.82, 2.24) is 4.90 Å². The highest BCUT2D eigenvalue weighted by molar-refractivity contribution is 5.79. The van der Waals surface area contributed by atoms with Crippen molar-refractivity contribution in [1.29, 1.82) is 0 Å². The number of carboxylic acids is 1. The van der Waals surface area contributed by atoms with E-state index in [1.54, 1.807) is 13.0 Å². The zero-order chi connectivity index (χ0) is 15.1. The number of carboxylic acid groups (broad SMARTS) is 1. The first-order valence-corrected chi connectivity index (χ1v) is 6.17. The van der Waals surface area contributed by atoms with Crippen LogP contribution in [0.4, 0.5) is 5.69 Å². The molecule has 0 aliphatic rings. The molecule has 7 heteroatoms. The number of rotatable bonds is 7. The number of hydrogen-bond acceptors (Lipinski definition) is 4. The number of amides is 1. The van der Waals surface area contributed by atoms with E-state index in [0.717, 1.165) is 0 Å². The fourth-order valence-corrected chi connectivity index (χ4v) is 1.76. The molecule has 0 bridgehead atoms. The van der Waals surface area contributed by atoms with E-state index in [0.29, 0.717) is 12.1 Å². The average Bonchev–Trinajstić information content (AvgIpc) is 2.39. The predicted molar refractivity (Wildman–Crippen MR) is 71.3 cm³/mol. The van der Waals surface area contributed by atoms with E-state index in [1.165, 1.54) is 23.1 Å². The molecule has 0 atom stereocenters. The van der Waals surface area contributed by atoms with Crippen LogP contribution in [0.1, 0.15) is 18.9 Å². The van der Waals surface area contributed by atoms with Crippen LogP contribution in [-0.4, -0.2) is 39.9 Å². The van der Waals surface area contributed by atoms with Gasteiger partial charge in [-0.05, 0) is 12.5 Å². The molecular formula is C13H16N2O5. The molecule has 0 spiro atoms. The van der Waals surface area contributed by atoms with Gasteiger partial charge in [0.15, 0.2) is 0 Å². The number of hydrogen-bond donors (Lipinski definition) is 1. The van der Waals surface area contributed by atoms with Gasteiger partial charge in [-0.2, -0.15) is 0 Å². The van der Waals surface area contributed by atoms with E-state index in [2.05, 4.69) is 0 Å². The van der Waals surface area contributed by atoms with E-state index >= 15 is 0 Å². The summed E-state index contributed by atoms with van der Waals surface area (Å²) in [7, 11) is 0. The highest BCUT2D eigenvalue weighted by Crippen LogP contribution is 2.14. The summed E-state index contributed by atoms with van der Waals surface area (Å²) >= 11 is 0. The van der Waals surface area contributed by atoms with Gasteiger partial charge in [-0.15, -0.1) is 0 Å². The molecule has 0 saturated heterocycles. The van der Waals surface area contributed by atoms with Crippen LogP contribution in [0.3, 0.4) is 0 Å². The molecule has 1 aromatic carbocycles. The van der Waals surface area contributed by atoms with E-state index in [-0.39, 0.29) is 31.0 Å². The summed E-state index contributed by atoms with van der Waals surface area (Å²) in [6.45, 7) is 2.30. The molecule has 0 aliphatic carbocycles. The predicted octanol–water partition coefficient (Wildman–Crippen LogP) is 1.46. The minimum Gasteiger partial charge on any atom is -0.481 e. The summed E-state index contributed by atoms with van der Waals surface area (Å²) in [6.07, 6.45) is -0.0936. The van der Waals surface area contributed by atoms with Gasteiger partial charge in [-0.25, -0.2) is 0 Å². The molecule has 1 amide bonds. The quantitative estimate of drug-likeness (QED) is 0.602. The monoisotopic (exact) mass is 280 g/mol. The van der Waals surface area contributed by atoms with Crippen molar-refractivity contribution in [3.8, 4) is 0 Å². The minimum atomic E-state index is -0.966. The smallest absolute Gasteiger partial charge is 0.305 e. The molecule has 7 nitrogen and oxygen atoms in total. The van der Waals surface area contributed by atoms with Gasteiger partial charge >= 0.3 is 5.97 Å². The number of nitrogens with zero attached hydrogens (tertiary/aromatic N) is 2. The van der Waals surface area contributed by atoms with Crippen LogP contribution in [-0.2, 0) is 16.0 Å². The molecule has 108 valence electrons. The van der Waals surface area contributed by atoms with Crippen LogP contribution in [0.15, 0.2) is 24.3 Å². The molecular weight excluding hydrogens is 264 g/mol. The van der Waals surface area contributed by atoms with Gasteiger partial charge in [-0.1, -0.05) is 12.1 Å². The summed E-state index contributed by atoms with van der Waals surface area (Å²) in [5, 5.41) is 19.3. The SMILES string of the molecule is CCN(CCC(=O)O)C(=O)Cc1cccc([N+](=O)[O-])c1. The van der Waals surface area contributed by atoms with Crippen molar-refractivity contribution >= 4 is 17.6 Å². The lowest BCUT2D eigenvalue weighted by molar-refractivity contribution is -0.384. The third kappa shape index (κ3) is 4.68. The topological polar surface area (TPSA) is 101 Å². The highest BCUT2D eigenvalue weighted by Gasteiger charge is 2.15. The fraction of sp³-hybridized carbons (Fsp3) is 0.385. The maximum atomic E-state index is 12.0. The van der Waals surface area contributed by atoms with Crippen LogP contribution < -0.4 is 0 Å². The average molecular weight is 280 g/mol. The Hall–Kier alpha value is -2.44. The van der Waals surface area contributed by atoms with Crippen molar-refractivity contribution in [2.75, 3.05) is 13.1 Å². The summed E-state index contributed by atoms with van der Waals surface area (Å²) in [6, 6.07) is 5.86. The van der Waals surface area contributed by atoms with Gasteiger partial charge in [0.25, 0.3) is 5.69 Å². The van der Waals surface area contributed by atoms with Crippen molar-refractivity contribution in [3.63, 3.8) is 0 Å². The first kappa shape index (κ1) is 15.6. The molecule has 0 aliphatic heterocycles. The Morgan fingerprint density at radius 3 is 2.65 bits per heavy atom. The molecule has 0 fully saturated rings. The first-order valence-electron chi connectivity index (χ1n) is 6.17. The molecule has 20 heavy (non-hydrogen) atoms. The highest BCUT2D eigenvalue weighted by atomic mass is 16.6. The summed E-state index contributed by atoms with van der Waals surface area (Å²) in [4.78, 5) is 34.1. The maximum absolute atomic E-state index is 12.0. The molecule has 1 N–H and O–H groups in total. The molecule has 0 heterocycles. The summed E-state index contributed by atoms with van der Waals surface area (Å²) in [5.41, 5.74) is 0.474.